The first-order valence-corrected chi connectivity index (χ1v) is 11.3. The molecule has 2 aromatic rings. The number of nitrogens with zero attached hydrogens (tertiary/aromatic N) is 1. The lowest BCUT2D eigenvalue weighted by Gasteiger charge is -2.25. The van der Waals surface area contributed by atoms with Crippen LogP contribution in [0.4, 0.5) is 5.13 Å². The van der Waals surface area contributed by atoms with Crippen LogP contribution in [-0.2, 0) is 14.9 Å². The molecule has 4 rings (SSSR count). The summed E-state index contributed by atoms with van der Waals surface area (Å²) in [7, 11) is 0. The van der Waals surface area contributed by atoms with Crippen molar-refractivity contribution in [1.29, 1.82) is 0 Å². The summed E-state index contributed by atoms with van der Waals surface area (Å²) in [6.07, 6.45) is 8.77. The van der Waals surface area contributed by atoms with Gasteiger partial charge in [-0.05, 0) is 37.3 Å². The lowest BCUT2D eigenvalue weighted by molar-refractivity contribution is -0.119. The number of carbonyl (C=O) groups excluding carboxylic acids is 2. The second-order valence-electron chi connectivity index (χ2n) is 7.36. The SMILES string of the molecule is CCOC(=O)c1ccc(C2(C(=O)Nc3nccs3)CC2C2CCCCC2)s1. The average Bonchev–Trinajstić information content (AvgIpc) is 3.01. The standard InChI is InChI=1S/C20H24N2O3S2/c1-2-25-17(23)15-8-9-16(27-15)20(18(24)22-19-21-10-11-26-19)12-14(20)13-6-4-3-5-7-13/h8-11,13-14H,2-7,12H2,1H3,(H,21,22,24). The second-order valence-corrected chi connectivity index (χ2v) is 9.33. The van der Waals surface area contributed by atoms with Crippen LogP contribution in [0.25, 0.3) is 0 Å². The Labute approximate surface area is 167 Å². The summed E-state index contributed by atoms with van der Waals surface area (Å²) in [5, 5.41) is 5.51. The lowest BCUT2D eigenvalue weighted by atomic mass is 9.82. The Morgan fingerprint density at radius 2 is 2.11 bits per heavy atom. The Kier molecular flexibility index (Phi) is 5.32. The van der Waals surface area contributed by atoms with Crippen LogP contribution in [0.5, 0.6) is 0 Å². The molecule has 1 amide bonds. The van der Waals surface area contributed by atoms with Gasteiger partial charge in [0.05, 0.1) is 12.0 Å². The zero-order chi connectivity index (χ0) is 18.9. The fourth-order valence-corrected chi connectivity index (χ4v) is 6.12. The van der Waals surface area contributed by atoms with E-state index in [4.69, 9.17) is 4.74 Å². The van der Waals surface area contributed by atoms with Crippen LogP contribution in [0.2, 0.25) is 0 Å². The van der Waals surface area contributed by atoms with E-state index in [0.717, 1.165) is 11.3 Å². The van der Waals surface area contributed by atoms with Gasteiger partial charge in [-0.3, -0.25) is 4.79 Å². The van der Waals surface area contributed by atoms with Crippen LogP contribution in [0.3, 0.4) is 0 Å². The highest BCUT2D eigenvalue weighted by Gasteiger charge is 2.64. The van der Waals surface area contributed by atoms with Crippen molar-refractivity contribution in [2.24, 2.45) is 11.8 Å². The number of aromatic nitrogens is 1. The number of thiazole rings is 1. The predicted octanol–water partition coefficient (Wildman–Crippen LogP) is 4.86. The molecule has 0 aliphatic heterocycles. The van der Waals surface area contributed by atoms with Gasteiger partial charge >= 0.3 is 5.97 Å². The van der Waals surface area contributed by atoms with Gasteiger partial charge in [0.15, 0.2) is 5.13 Å². The number of nitrogens with one attached hydrogen (secondary N) is 1. The summed E-state index contributed by atoms with van der Waals surface area (Å²) in [5.74, 6) is 0.657. The molecule has 0 aromatic carbocycles. The van der Waals surface area contributed by atoms with Gasteiger partial charge < -0.3 is 10.1 Å². The van der Waals surface area contributed by atoms with Gasteiger partial charge in [-0.25, -0.2) is 9.78 Å². The molecule has 2 saturated carbocycles. The Bertz CT molecular complexity index is 811. The van der Waals surface area contributed by atoms with Gasteiger partial charge in [0.25, 0.3) is 0 Å². The van der Waals surface area contributed by atoms with Crippen LogP contribution < -0.4 is 5.32 Å². The fourth-order valence-electron chi connectivity index (χ4n) is 4.43. The molecule has 144 valence electrons. The summed E-state index contributed by atoms with van der Waals surface area (Å²) in [6, 6.07) is 3.74. The molecule has 1 N–H and O–H groups in total. The second kappa shape index (κ2) is 7.72. The number of hydrogen-bond acceptors (Lipinski definition) is 6. The van der Waals surface area contributed by atoms with E-state index in [2.05, 4.69) is 10.3 Å². The number of carbonyl (C=O) groups is 2. The third-order valence-corrected chi connectivity index (χ3v) is 7.75. The normalized spacial score (nSPS) is 25.1. The molecule has 2 aliphatic rings. The minimum absolute atomic E-state index is 0.0188. The van der Waals surface area contributed by atoms with Crippen molar-refractivity contribution in [3.63, 3.8) is 0 Å². The van der Waals surface area contributed by atoms with Gasteiger partial charge in [0, 0.05) is 16.5 Å². The maximum atomic E-state index is 13.3. The molecule has 2 unspecified atom stereocenters. The van der Waals surface area contributed by atoms with E-state index in [-0.39, 0.29) is 11.9 Å². The van der Waals surface area contributed by atoms with Crippen LogP contribution in [0.15, 0.2) is 23.7 Å². The lowest BCUT2D eigenvalue weighted by Crippen LogP contribution is -2.31. The zero-order valence-corrected chi connectivity index (χ0v) is 17.0. The highest BCUT2D eigenvalue weighted by Crippen LogP contribution is 2.62. The third kappa shape index (κ3) is 3.55. The van der Waals surface area contributed by atoms with E-state index in [0.29, 0.717) is 28.5 Å². The Morgan fingerprint density at radius 3 is 2.81 bits per heavy atom. The topological polar surface area (TPSA) is 68.3 Å². The van der Waals surface area contributed by atoms with Crippen molar-refractivity contribution >= 4 is 39.7 Å². The number of esters is 1. The molecule has 2 atom stereocenters. The zero-order valence-electron chi connectivity index (χ0n) is 15.4. The number of rotatable bonds is 6. The van der Waals surface area contributed by atoms with Gasteiger partial charge in [-0.15, -0.1) is 22.7 Å². The first kappa shape index (κ1) is 18.6. The minimum atomic E-state index is -0.525. The smallest absolute Gasteiger partial charge is 0.348 e. The van der Waals surface area contributed by atoms with Crippen molar-refractivity contribution in [3.05, 3.63) is 33.5 Å². The van der Waals surface area contributed by atoms with Gasteiger partial charge in [-0.2, -0.15) is 0 Å². The van der Waals surface area contributed by atoms with E-state index < -0.39 is 5.41 Å². The van der Waals surface area contributed by atoms with Gasteiger partial charge in [0.1, 0.15) is 4.88 Å². The number of amides is 1. The highest BCUT2D eigenvalue weighted by atomic mass is 32.1. The molecule has 2 aliphatic carbocycles. The predicted molar refractivity (Wildman–Crippen MR) is 107 cm³/mol. The van der Waals surface area contributed by atoms with E-state index >= 15 is 0 Å². The summed E-state index contributed by atoms with van der Waals surface area (Å²) >= 11 is 2.84. The van der Waals surface area contributed by atoms with Gasteiger partial charge in [0.2, 0.25) is 5.91 Å². The first-order valence-electron chi connectivity index (χ1n) is 9.63. The van der Waals surface area contributed by atoms with E-state index in [1.807, 2.05) is 11.4 Å². The summed E-state index contributed by atoms with van der Waals surface area (Å²) < 4.78 is 5.13. The van der Waals surface area contributed by atoms with E-state index in [9.17, 15) is 9.59 Å². The van der Waals surface area contributed by atoms with Crippen LogP contribution in [-0.4, -0.2) is 23.5 Å². The van der Waals surface area contributed by atoms with Crippen LogP contribution >= 0.6 is 22.7 Å². The molecule has 2 aromatic heterocycles. The first-order chi connectivity index (χ1) is 13.1. The Morgan fingerprint density at radius 1 is 1.30 bits per heavy atom. The summed E-state index contributed by atoms with van der Waals surface area (Å²) in [6.45, 7) is 2.15. The molecule has 27 heavy (non-hydrogen) atoms. The largest absolute Gasteiger partial charge is 0.462 e. The molecular weight excluding hydrogens is 380 g/mol. The van der Waals surface area contributed by atoms with E-state index in [1.54, 1.807) is 19.2 Å². The monoisotopic (exact) mass is 404 g/mol. The molecule has 0 saturated heterocycles. The van der Waals surface area contributed by atoms with Crippen molar-refractivity contribution in [1.82, 2.24) is 4.98 Å². The molecule has 0 spiro atoms. The number of anilines is 1. The molecule has 7 heteroatoms. The molecular formula is C20H24N2O3S2. The maximum absolute atomic E-state index is 13.3. The molecule has 0 radical (unpaired) electrons. The Hall–Kier alpha value is -1.73. The van der Waals surface area contributed by atoms with Crippen molar-refractivity contribution in [3.8, 4) is 0 Å². The number of thiophene rings is 1. The van der Waals surface area contributed by atoms with Gasteiger partial charge in [-0.1, -0.05) is 32.1 Å². The fraction of sp³-hybridized carbons (Fsp3) is 0.550. The highest BCUT2D eigenvalue weighted by molar-refractivity contribution is 7.14. The van der Waals surface area contributed by atoms with Crippen molar-refractivity contribution in [2.75, 3.05) is 11.9 Å². The van der Waals surface area contributed by atoms with Crippen LogP contribution in [0, 0.1) is 11.8 Å². The van der Waals surface area contributed by atoms with Crippen molar-refractivity contribution < 1.29 is 14.3 Å². The number of ether oxygens (including phenoxy) is 1. The van der Waals surface area contributed by atoms with Crippen LogP contribution in [0.1, 0.15) is 60.0 Å². The van der Waals surface area contributed by atoms with Crippen molar-refractivity contribution in [2.45, 2.75) is 50.9 Å². The molecule has 5 nitrogen and oxygen atoms in total. The summed E-state index contributed by atoms with van der Waals surface area (Å²) in [5.41, 5.74) is -0.525. The quantitative estimate of drug-likeness (QED) is 0.698. The maximum Gasteiger partial charge on any atom is 0.348 e. The van der Waals surface area contributed by atoms with E-state index in [1.165, 1.54) is 54.8 Å². The summed E-state index contributed by atoms with van der Waals surface area (Å²) in [4.78, 5) is 31.1. The number of hydrogen-bond donors (Lipinski definition) is 1. The minimum Gasteiger partial charge on any atom is -0.462 e. The Balaban J connectivity index is 1.61. The average molecular weight is 405 g/mol. The molecule has 2 fully saturated rings. The molecule has 0 bridgehead atoms. The third-order valence-electron chi connectivity index (χ3n) is 5.81. The molecule has 2 heterocycles.